The van der Waals surface area contributed by atoms with Gasteiger partial charge in [-0.15, -0.1) is 11.8 Å². The predicted octanol–water partition coefficient (Wildman–Crippen LogP) is 8.72. The Labute approximate surface area is 280 Å². The minimum absolute atomic E-state index is 0.0170. The van der Waals surface area contributed by atoms with Crippen molar-refractivity contribution in [3.05, 3.63) is 142 Å². The lowest BCUT2D eigenvalue weighted by atomic mass is 10.1. The van der Waals surface area contributed by atoms with Crippen LogP contribution in [0.3, 0.4) is 0 Å². The van der Waals surface area contributed by atoms with Crippen molar-refractivity contribution in [1.29, 1.82) is 0 Å². The van der Waals surface area contributed by atoms with E-state index in [2.05, 4.69) is 38.8 Å². The first-order valence-electron chi connectivity index (χ1n) is 14.7. The lowest BCUT2D eigenvalue weighted by Crippen LogP contribution is -2.30. The third kappa shape index (κ3) is 8.65. The minimum atomic E-state index is -0.518. The summed E-state index contributed by atoms with van der Waals surface area (Å²) in [5.41, 5.74) is 4.83. The van der Waals surface area contributed by atoms with Crippen molar-refractivity contribution in [2.24, 2.45) is 0 Å². The monoisotopic (exact) mass is 693 g/mol. The second kappa shape index (κ2) is 15.4. The highest BCUT2D eigenvalue weighted by atomic mass is 79.9. The molecule has 0 fully saturated rings. The molecule has 0 unspecified atom stereocenters. The number of anilines is 2. The molecule has 46 heavy (non-hydrogen) atoms. The van der Waals surface area contributed by atoms with E-state index in [9.17, 15) is 14.4 Å². The molecule has 0 aliphatic rings. The Balaban J connectivity index is 1.26. The van der Waals surface area contributed by atoms with Gasteiger partial charge in [-0.25, -0.2) is 0 Å². The third-order valence-electron chi connectivity index (χ3n) is 7.06. The molecular weight excluding hydrogens is 662 g/mol. The standard InChI is InChI=1S/C37H32BrN3O4S/c1-3-25-11-7-8-24(2)35(25)41-34(42)23-46-31-19-16-29(17-20-31)39-37(44)32(40-36(43)27-9-5-4-6-10-27)22-30-18-21-33(45-30)26-12-14-28(38)15-13-26/h4-22H,3,23H2,1-2H3,(H,39,44)(H,40,43)(H,41,42)/b32-22-. The maximum Gasteiger partial charge on any atom is 0.272 e. The molecule has 0 spiro atoms. The number of halogens is 1. The topological polar surface area (TPSA) is 100 Å². The van der Waals surface area contributed by atoms with Crippen LogP contribution in [0.15, 0.2) is 129 Å². The van der Waals surface area contributed by atoms with Gasteiger partial charge in [0.25, 0.3) is 11.8 Å². The summed E-state index contributed by atoms with van der Waals surface area (Å²) in [6.07, 6.45) is 2.33. The van der Waals surface area contributed by atoms with Crippen LogP contribution in [0.5, 0.6) is 0 Å². The first kappa shape index (κ1) is 32.5. The van der Waals surface area contributed by atoms with E-state index in [0.29, 0.717) is 22.8 Å². The molecule has 7 nitrogen and oxygen atoms in total. The lowest BCUT2D eigenvalue weighted by molar-refractivity contribution is -0.114. The van der Waals surface area contributed by atoms with Crippen molar-refractivity contribution in [2.45, 2.75) is 25.2 Å². The molecule has 1 aromatic heterocycles. The van der Waals surface area contributed by atoms with E-state index in [-0.39, 0.29) is 17.4 Å². The van der Waals surface area contributed by atoms with Gasteiger partial charge < -0.3 is 20.4 Å². The van der Waals surface area contributed by atoms with Crippen LogP contribution in [0.2, 0.25) is 0 Å². The fraction of sp³-hybridized carbons (Fsp3) is 0.108. The quantitative estimate of drug-likeness (QED) is 0.0949. The van der Waals surface area contributed by atoms with Gasteiger partial charge in [0.15, 0.2) is 0 Å². The summed E-state index contributed by atoms with van der Waals surface area (Å²) < 4.78 is 6.94. The predicted molar refractivity (Wildman–Crippen MR) is 189 cm³/mol. The number of furan rings is 1. The Hall–Kier alpha value is -4.86. The molecular formula is C37H32BrN3O4S. The third-order valence-corrected chi connectivity index (χ3v) is 8.60. The molecule has 232 valence electrons. The Morgan fingerprint density at radius 2 is 1.57 bits per heavy atom. The molecule has 5 rings (SSSR count). The zero-order valence-electron chi connectivity index (χ0n) is 25.3. The van der Waals surface area contributed by atoms with Crippen molar-refractivity contribution < 1.29 is 18.8 Å². The summed E-state index contributed by atoms with van der Waals surface area (Å²) in [5, 5.41) is 8.62. The first-order chi connectivity index (χ1) is 22.3. The van der Waals surface area contributed by atoms with Crippen molar-refractivity contribution in [3.63, 3.8) is 0 Å². The highest BCUT2D eigenvalue weighted by Crippen LogP contribution is 2.26. The van der Waals surface area contributed by atoms with E-state index in [1.54, 1.807) is 42.5 Å². The van der Waals surface area contributed by atoms with Crippen LogP contribution in [-0.2, 0) is 16.0 Å². The summed E-state index contributed by atoms with van der Waals surface area (Å²) in [6, 6.07) is 33.1. The molecule has 9 heteroatoms. The number of nitrogens with one attached hydrogen (secondary N) is 3. The van der Waals surface area contributed by atoms with Gasteiger partial charge in [0.2, 0.25) is 5.91 Å². The van der Waals surface area contributed by atoms with Gasteiger partial charge in [0.1, 0.15) is 17.2 Å². The van der Waals surface area contributed by atoms with Gasteiger partial charge >= 0.3 is 0 Å². The molecule has 0 bridgehead atoms. The summed E-state index contributed by atoms with van der Waals surface area (Å²) >= 11 is 4.84. The van der Waals surface area contributed by atoms with E-state index in [4.69, 9.17) is 4.42 Å². The molecule has 1 heterocycles. The van der Waals surface area contributed by atoms with Gasteiger partial charge in [-0.05, 0) is 85.1 Å². The Kier molecular flexibility index (Phi) is 10.9. The van der Waals surface area contributed by atoms with Crippen LogP contribution >= 0.6 is 27.7 Å². The van der Waals surface area contributed by atoms with Gasteiger partial charge in [-0.3, -0.25) is 14.4 Å². The van der Waals surface area contributed by atoms with Crippen molar-refractivity contribution in [3.8, 4) is 11.3 Å². The van der Waals surface area contributed by atoms with Crippen LogP contribution in [0.25, 0.3) is 17.4 Å². The van der Waals surface area contributed by atoms with Crippen LogP contribution in [0.1, 0.15) is 34.2 Å². The average Bonchev–Trinajstić information content (AvgIpc) is 3.54. The second-order valence-electron chi connectivity index (χ2n) is 10.4. The molecule has 0 atom stereocenters. The lowest BCUT2D eigenvalue weighted by Gasteiger charge is -2.13. The number of amides is 3. The molecule has 4 aromatic carbocycles. The van der Waals surface area contributed by atoms with Crippen molar-refractivity contribution in [1.82, 2.24) is 5.32 Å². The Bertz CT molecular complexity index is 1870. The fourth-order valence-electron chi connectivity index (χ4n) is 4.64. The first-order valence-corrected chi connectivity index (χ1v) is 16.4. The highest BCUT2D eigenvalue weighted by molar-refractivity contribution is 9.10. The maximum atomic E-state index is 13.5. The minimum Gasteiger partial charge on any atom is -0.457 e. The smallest absolute Gasteiger partial charge is 0.272 e. The SMILES string of the molecule is CCc1cccc(C)c1NC(=O)CSc1ccc(NC(=O)/C(=C/c2ccc(-c3ccc(Br)cc3)o2)NC(=O)c2ccccc2)cc1. The highest BCUT2D eigenvalue weighted by Gasteiger charge is 2.17. The average molecular weight is 695 g/mol. The molecule has 0 aliphatic carbocycles. The summed E-state index contributed by atoms with van der Waals surface area (Å²) in [7, 11) is 0. The maximum absolute atomic E-state index is 13.5. The number of thioether (sulfide) groups is 1. The van der Waals surface area contributed by atoms with Gasteiger partial charge in [-0.1, -0.05) is 71.4 Å². The number of carbonyl (C=O) groups is 3. The molecule has 0 radical (unpaired) electrons. The van der Waals surface area contributed by atoms with Gasteiger partial charge in [0, 0.05) is 37.9 Å². The second-order valence-corrected chi connectivity index (χ2v) is 12.3. The fourth-order valence-corrected chi connectivity index (χ4v) is 5.61. The van der Waals surface area contributed by atoms with E-state index in [0.717, 1.165) is 38.2 Å². The van der Waals surface area contributed by atoms with Crippen LogP contribution in [-0.4, -0.2) is 23.5 Å². The van der Waals surface area contributed by atoms with E-state index >= 15 is 0 Å². The zero-order valence-corrected chi connectivity index (χ0v) is 27.7. The molecule has 0 aliphatic heterocycles. The summed E-state index contributed by atoms with van der Waals surface area (Å²) in [6.45, 7) is 4.05. The number of para-hydroxylation sites is 1. The zero-order chi connectivity index (χ0) is 32.5. The number of carbonyl (C=O) groups excluding carboxylic acids is 3. The largest absolute Gasteiger partial charge is 0.457 e. The molecule has 5 aromatic rings. The Morgan fingerprint density at radius 1 is 0.826 bits per heavy atom. The van der Waals surface area contributed by atoms with Crippen LogP contribution < -0.4 is 16.0 Å². The van der Waals surface area contributed by atoms with Crippen LogP contribution in [0, 0.1) is 6.92 Å². The Morgan fingerprint density at radius 3 is 2.28 bits per heavy atom. The molecule has 0 saturated carbocycles. The van der Waals surface area contributed by atoms with Crippen molar-refractivity contribution >= 4 is 62.9 Å². The number of hydrogen-bond donors (Lipinski definition) is 3. The van der Waals surface area contributed by atoms with Crippen molar-refractivity contribution in [2.75, 3.05) is 16.4 Å². The molecule has 0 saturated heterocycles. The number of aryl methyl sites for hydroxylation is 2. The van der Waals surface area contributed by atoms with E-state index < -0.39 is 11.8 Å². The summed E-state index contributed by atoms with van der Waals surface area (Å²) in [5.74, 6) is 0.237. The van der Waals surface area contributed by atoms with E-state index in [1.165, 1.54) is 17.8 Å². The van der Waals surface area contributed by atoms with Gasteiger partial charge in [0.05, 0.1) is 5.75 Å². The number of benzene rings is 4. The normalized spacial score (nSPS) is 11.2. The van der Waals surface area contributed by atoms with Crippen LogP contribution in [0.4, 0.5) is 11.4 Å². The number of hydrogen-bond acceptors (Lipinski definition) is 5. The number of rotatable bonds is 11. The van der Waals surface area contributed by atoms with E-state index in [1.807, 2.05) is 73.7 Å². The van der Waals surface area contributed by atoms with Gasteiger partial charge in [-0.2, -0.15) is 0 Å². The summed E-state index contributed by atoms with van der Waals surface area (Å²) in [4.78, 5) is 40.0. The molecule has 3 amide bonds. The molecule has 3 N–H and O–H groups in total.